The van der Waals surface area contributed by atoms with Crippen LogP contribution in [0.15, 0.2) is 24.3 Å². The number of anilines is 1. The van der Waals surface area contributed by atoms with Crippen molar-refractivity contribution in [1.82, 2.24) is 5.32 Å². The van der Waals surface area contributed by atoms with Crippen LogP contribution < -0.4 is 11.1 Å². The molecule has 3 N–H and O–H groups in total. The number of nitrogens with one attached hydrogen (secondary N) is 1. The van der Waals surface area contributed by atoms with Gasteiger partial charge < -0.3 is 15.8 Å². The number of nitrogens with two attached hydrogens (primary N) is 1. The Kier molecular flexibility index (Phi) is 5.05. The molecule has 1 amide bonds. The van der Waals surface area contributed by atoms with Crippen molar-refractivity contribution in [3.63, 3.8) is 0 Å². The molecule has 1 unspecified atom stereocenters. The molecule has 6 nitrogen and oxygen atoms in total. The number of nitrogen functional groups attached to an aromatic ring is 1. The molecule has 6 heteroatoms. The third-order valence-electron chi connectivity index (χ3n) is 2.54. The average Bonchev–Trinajstić information content (AvgIpc) is 2.36. The highest BCUT2D eigenvalue weighted by Gasteiger charge is 2.26. The van der Waals surface area contributed by atoms with Crippen LogP contribution in [-0.4, -0.2) is 24.4 Å². The summed E-state index contributed by atoms with van der Waals surface area (Å²) in [6.07, 6.45) is 0. The largest absolute Gasteiger partial charge is 0.399 e. The summed E-state index contributed by atoms with van der Waals surface area (Å²) in [5, 5.41) is 2.52. The van der Waals surface area contributed by atoms with Crippen molar-refractivity contribution >= 4 is 24.0 Å². The molecular weight excluding hydrogens is 248 g/mol. The molecule has 0 radical (unpaired) electrons. The minimum absolute atomic E-state index is 0.0487. The van der Waals surface area contributed by atoms with Crippen LogP contribution in [0.3, 0.4) is 0 Å². The average molecular weight is 264 g/mol. The van der Waals surface area contributed by atoms with Crippen LogP contribution in [0, 0.1) is 5.92 Å². The molecule has 0 saturated heterocycles. The maximum atomic E-state index is 11.9. The Morgan fingerprint density at radius 2 is 1.84 bits per heavy atom. The molecule has 0 aliphatic carbocycles. The van der Waals surface area contributed by atoms with E-state index in [1.165, 1.54) is 0 Å². The molecule has 0 aliphatic heterocycles. The fourth-order valence-corrected chi connectivity index (χ4v) is 1.48. The SMILES string of the molecule is CC(C)C(NC(=O)c1ccc(N)cc1)C(=O)OC=O. The first-order valence-electron chi connectivity index (χ1n) is 5.76. The number of hydrogen-bond acceptors (Lipinski definition) is 5. The predicted octanol–water partition coefficient (Wildman–Crippen LogP) is 0.723. The zero-order chi connectivity index (χ0) is 14.4. The van der Waals surface area contributed by atoms with Crippen molar-refractivity contribution in [2.45, 2.75) is 19.9 Å². The molecule has 0 aromatic heterocycles. The number of ether oxygens (including phenoxy) is 1. The van der Waals surface area contributed by atoms with E-state index in [-0.39, 0.29) is 12.4 Å². The van der Waals surface area contributed by atoms with Gasteiger partial charge in [0.05, 0.1) is 0 Å². The van der Waals surface area contributed by atoms with Gasteiger partial charge in [0.25, 0.3) is 5.91 Å². The van der Waals surface area contributed by atoms with Crippen LogP contribution >= 0.6 is 0 Å². The Morgan fingerprint density at radius 1 is 1.26 bits per heavy atom. The van der Waals surface area contributed by atoms with E-state index < -0.39 is 17.9 Å². The van der Waals surface area contributed by atoms with Gasteiger partial charge in [-0.3, -0.25) is 9.59 Å². The second-order valence-electron chi connectivity index (χ2n) is 4.35. The lowest BCUT2D eigenvalue weighted by molar-refractivity contribution is -0.153. The second-order valence-corrected chi connectivity index (χ2v) is 4.35. The molecule has 1 atom stereocenters. The van der Waals surface area contributed by atoms with E-state index in [1.54, 1.807) is 38.1 Å². The Hall–Kier alpha value is -2.37. The fraction of sp³-hybridized carbons (Fsp3) is 0.308. The summed E-state index contributed by atoms with van der Waals surface area (Å²) in [5.74, 6) is -1.42. The van der Waals surface area contributed by atoms with Crippen LogP contribution in [0.4, 0.5) is 5.69 Å². The number of esters is 1. The highest BCUT2D eigenvalue weighted by molar-refractivity contribution is 5.97. The van der Waals surface area contributed by atoms with Gasteiger partial charge in [-0.05, 0) is 30.2 Å². The van der Waals surface area contributed by atoms with Crippen molar-refractivity contribution in [2.24, 2.45) is 5.92 Å². The van der Waals surface area contributed by atoms with E-state index in [0.29, 0.717) is 11.3 Å². The standard InChI is InChI=1S/C13H16N2O4/c1-8(2)11(13(18)19-7-16)15-12(17)9-3-5-10(14)6-4-9/h3-8,11H,14H2,1-2H3,(H,15,17). The molecule has 0 fully saturated rings. The summed E-state index contributed by atoms with van der Waals surface area (Å²) < 4.78 is 4.27. The molecule has 0 aliphatic rings. The Balaban J connectivity index is 2.79. The minimum atomic E-state index is -0.879. The molecule has 1 aromatic rings. The highest BCUT2D eigenvalue weighted by atomic mass is 16.6. The smallest absolute Gasteiger partial charge is 0.336 e. The van der Waals surface area contributed by atoms with Crippen molar-refractivity contribution in [3.05, 3.63) is 29.8 Å². The number of hydrogen-bond donors (Lipinski definition) is 2. The van der Waals surface area contributed by atoms with Crippen molar-refractivity contribution in [3.8, 4) is 0 Å². The maximum absolute atomic E-state index is 11.9. The Bertz CT molecular complexity index is 468. The number of benzene rings is 1. The zero-order valence-electron chi connectivity index (χ0n) is 10.8. The van der Waals surface area contributed by atoms with Crippen LogP contribution in [0.5, 0.6) is 0 Å². The van der Waals surface area contributed by atoms with Gasteiger partial charge in [-0.15, -0.1) is 0 Å². The molecule has 1 rings (SSSR count). The molecule has 0 bridgehead atoms. The van der Waals surface area contributed by atoms with Crippen LogP contribution in [0.2, 0.25) is 0 Å². The van der Waals surface area contributed by atoms with Gasteiger partial charge in [0.15, 0.2) is 0 Å². The summed E-state index contributed by atoms with van der Waals surface area (Å²) in [4.78, 5) is 33.6. The first-order valence-corrected chi connectivity index (χ1v) is 5.76. The number of carbonyl (C=O) groups excluding carboxylic acids is 3. The van der Waals surface area contributed by atoms with Crippen LogP contribution in [0.1, 0.15) is 24.2 Å². The Morgan fingerprint density at radius 3 is 2.32 bits per heavy atom. The van der Waals surface area contributed by atoms with E-state index in [2.05, 4.69) is 10.1 Å². The summed E-state index contributed by atoms with van der Waals surface area (Å²) in [6, 6.07) is 5.39. The predicted molar refractivity (Wildman–Crippen MR) is 69.1 cm³/mol. The molecule has 102 valence electrons. The monoisotopic (exact) mass is 264 g/mol. The molecule has 0 saturated carbocycles. The van der Waals surface area contributed by atoms with Gasteiger partial charge >= 0.3 is 12.4 Å². The van der Waals surface area contributed by atoms with Crippen molar-refractivity contribution in [1.29, 1.82) is 0 Å². The summed E-state index contributed by atoms with van der Waals surface area (Å²) in [5.41, 5.74) is 6.43. The first kappa shape index (κ1) is 14.7. The van der Waals surface area contributed by atoms with Gasteiger partial charge in [0.2, 0.25) is 0 Å². The van der Waals surface area contributed by atoms with E-state index in [9.17, 15) is 14.4 Å². The lowest BCUT2D eigenvalue weighted by atomic mass is 10.0. The highest BCUT2D eigenvalue weighted by Crippen LogP contribution is 2.08. The fourth-order valence-electron chi connectivity index (χ4n) is 1.48. The van der Waals surface area contributed by atoms with Gasteiger partial charge in [-0.25, -0.2) is 4.79 Å². The third-order valence-corrected chi connectivity index (χ3v) is 2.54. The lowest BCUT2D eigenvalue weighted by Gasteiger charge is -2.19. The normalized spacial score (nSPS) is 11.7. The summed E-state index contributed by atoms with van der Waals surface area (Å²) >= 11 is 0. The van der Waals surface area contributed by atoms with Crippen molar-refractivity contribution in [2.75, 3.05) is 5.73 Å². The number of carbonyl (C=O) groups is 3. The third kappa shape index (κ3) is 4.09. The van der Waals surface area contributed by atoms with Gasteiger partial charge in [-0.1, -0.05) is 13.8 Å². The lowest BCUT2D eigenvalue weighted by Crippen LogP contribution is -2.45. The minimum Gasteiger partial charge on any atom is -0.399 e. The van der Waals surface area contributed by atoms with E-state index >= 15 is 0 Å². The topological polar surface area (TPSA) is 98.5 Å². The van der Waals surface area contributed by atoms with Gasteiger partial charge in [0.1, 0.15) is 6.04 Å². The zero-order valence-corrected chi connectivity index (χ0v) is 10.8. The van der Waals surface area contributed by atoms with Gasteiger partial charge in [0, 0.05) is 11.3 Å². The van der Waals surface area contributed by atoms with E-state index in [4.69, 9.17) is 5.73 Å². The molecule has 1 aromatic carbocycles. The molecule has 0 heterocycles. The summed E-state index contributed by atoms with van der Waals surface area (Å²) in [6.45, 7) is 3.52. The van der Waals surface area contributed by atoms with Crippen LogP contribution in [0.25, 0.3) is 0 Å². The second kappa shape index (κ2) is 6.53. The molecule has 0 spiro atoms. The molecule has 19 heavy (non-hydrogen) atoms. The van der Waals surface area contributed by atoms with E-state index in [0.717, 1.165) is 0 Å². The van der Waals surface area contributed by atoms with E-state index in [1.807, 2.05) is 0 Å². The summed E-state index contributed by atoms with van der Waals surface area (Å²) in [7, 11) is 0. The van der Waals surface area contributed by atoms with Gasteiger partial charge in [-0.2, -0.15) is 0 Å². The number of amides is 1. The van der Waals surface area contributed by atoms with Crippen molar-refractivity contribution < 1.29 is 19.1 Å². The number of rotatable bonds is 5. The Labute approximate surface area is 110 Å². The molecular formula is C13H16N2O4. The first-order chi connectivity index (χ1) is 8.95. The van der Waals surface area contributed by atoms with Crippen LogP contribution in [-0.2, 0) is 14.3 Å². The quantitative estimate of drug-likeness (QED) is 0.353. The maximum Gasteiger partial charge on any atom is 0.336 e.